The van der Waals surface area contributed by atoms with Gasteiger partial charge in [-0.05, 0) is 180 Å². The Bertz CT molecular complexity index is 3210. The van der Waals surface area contributed by atoms with Crippen LogP contribution in [0.3, 0.4) is 0 Å². The van der Waals surface area contributed by atoms with Crippen LogP contribution in [-0.4, -0.2) is 164 Å². The molecule has 0 atom stereocenters. The predicted octanol–water partition coefficient (Wildman–Crippen LogP) is 15.5. The quantitative estimate of drug-likeness (QED) is 0.0497. The molecule has 17 heteroatoms. The molecule has 0 amide bonds. The minimum Gasteiger partial charge on any atom is -0.406 e. The molecule has 478 valence electrons. The number of rotatable bonds is 18. The molecule has 2 N–H and O–H groups in total. The third-order valence-corrected chi connectivity index (χ3v) is 21.6. The predicted molar refractivity (Wildman–Crippen MR) is 404 cm³/mol. The standard InChI is InChI=1S/C20H21FN4.C19H27NOSi.2C11H17BrN2.C6H4Br2.C5H10Si/c1-24(2)10-11-25(3)19-8-5-15(6-9-19)4-7-18-13-16-12-17(21)14-22-20(16)23-18;1-19(2,3)22(21-16-15-20-4,17-11-7-5-8-12-17)18-13-9-6-10-14-18;2*1-13(2)8-9-14(3)11-6-4-10(12)5-7-11;7-5-1-2-6(8)4-3-5;1-5-6(2,3)4/h5-6,8-9,12-14H,10-11H2,1-3H3,(H,22,23);5-14,20H,15-16H2,1-4H3;2*4-7H,8-9H2,1-3H3;1-4H;1H,2-4H3. The number of fused-ring (bicyclic) bond motifs is 1. The SMILES string of the molecule is Brc1ccc(Br)cc1.C#C[Si](C)(C)C.CN(C)CCN(C)c1ccc(Br)cc1.CN(C)CCN(C)c1ccc(Br)cc1.CN(C)CCN(C)c1ccc(C#Cc2cc3cc(F)cnc3[nH]2)cc1.CNCCO[Si](c1ccccc1)(c1ccccc1)C(C)(C)C. The Kier molecular flexibility index (Phi) is 35.4. The molecule has 0 spiro atoms. The summed E-state index contributed by atoms with van der Waals surface area (Å²) in [5.41, 5.74) is 8.72. The van der Waals surface area contributed by atoms with Gasteiger partial charge in [0.2, 0.25) is 0 Å². The van der Waals surface area contributed by atoms with Crippen molar-refractivity contribution in [3.63, 3.8) is 0 Å². The number of H-pyrrole nitrogens is 1. The van der Waals surface area contributed by atoms with E-state index in [1.165, 1.54) is 34.0 Å². The normalized spacial score (nSPS) is 11.0. The summed E-state index contributed by atoms with van der Waals surface area (Å²) in [4.78, 5) is 20.4. The van der Waals surface area contributed by atoms with Crippen molar-refractivity contribution in [2.45, 2.75) is 45.5 Å². The Morgan fingerprint density at radius 1 is 0.539 bits per heavy atom. The van der Waals surface area contributed by atoms with E-state index in [-0.39, 0.29) is 10.9 Å². The average Bonchev–Trinajstić information content (AvgIpc) is 1.33. The Labute approximate surface area is 570 Å². The summed E-state index contributed by atoms with van der Waals surface area (Å²) in [5, 5.41) is 6.65. The van der Waals surface area contributed by atoms with Crippen LogP contribution in [0.2, 0.25) is 24.7 Å². The van der Waals surface area contributed by atoms with Crippen molar-refractivity contribution in [1.82, 2.24) is 30.0 Å². The number of nitrogens with one attached hydrogen (secondary N) is 2. The second-order valence-corrected chi connectivity index (χ2v) is 36.9. The zero-order valence-corrected chi connectivity index (χ0v) is 63.7. The van der Waals surface area contributed by atoms with Crippen molar-refractivity contribution >= 4 is 119 Å². The first-order valence-corrected chi connectivity index (χ1v) is 38.3. The molecule has 0 aliphatic rings. The number of aromatic nitrogens is 2. The Balaban J connectivity index is 0.000000295. The third-order valence-electron chi connectivity index (χ3n) is 13.6. The molecule has 0 unspecified atom stereocenters. The van der Waals surface area contributed by atoms with Gasteiger partial charge in [-0.3, -0.25) is 0 Å². The highest BCUT2D eigenvalue weighted by atomic mass is 79.9. The lowest BCUT2D eigenvalue weighted by Gasteiger charge is -2.43. The molecule has 0 saturated carbocycles. The zero-order chi connectivity index (χ0) is 66.2. The topological polar surface area (TPSA) is 69.4 Å². The van der Waals surface area contributed by atoms with Gasteiger partial charge in [-0.1, -0.05) is 171 Å². The van der Waals surface area contributed by atoms with Crippen LogP contribution < -0.4 is 30.4 Å². The molecule has 0 saturated heterocycles. The molecule has 8 aromatic rings. The van der Waals surface area contributed by atoms with Crippen LogP contribution in [0.4, 0.5) is 21.5 Å². The zero-order valence-electron chi connectivity index (χ0n) is 55.4. The third kappa shape index (κ3) is 30.1. The van der Waals surface area contributed by atoms with E-state index in [0.29, 0.717) is 5.65 Å². The number of halogens is 5. The highest BCUT2D eigenvalue weighted by molar-refractivity contribution is 9.11. The highest BCUT2D eigenvalue weighted by Crippen LogP contribution is 2.36. The number of aromatic amines is 1. The number of hydrogen-bond donors (Lipinski definition) is 2. The maximum Gasteiger partial charge on any atom is 0.261 e. The van der Waals surface area contributed by atoms with E-state index in [2.05, 4.69) is 351 Å². The van der Waals surface area contributed by atoms with Gasteiger partial charge in [0, 0.05) is 119 Å². The maximum atomic E-state index is 13.2. The van der Waals surface area contributed by atoms with Crippen molar-refractivity contribution in [2.24, 2.45) is 0 Å². The van der Waals surface area contributed by atoms with Crippen molar-refractivity contribution in [3.8, 4) is 23.8 Å². The fourth-order valence-corrected chi connectivity index (χ4v) is 13.9. The van der Waals surface area contributed by atoms with Crippen LogP contribution in [0.1, 0.15) is 32.0 Å². The molecule has 0 aliphatic heterocycles. The van der Waals surface area contributed by atoms with Gasteiger partial charge in [-0.25, -0.2) is 9.37 Å². The van der Waals surface area contributed by atoms with Crippen LogP contribution in [0.25, 0.3) is 11.0 Å². The van der Waals surface area contributed by atoms with Crippen LogP contribution in [0.5, 0.6) is 0 Å². The van der Waals surface area contributed by atoms with E-state index in [1.807, 2.05) is 49.5 Å². The van der Waals surface area contributed by atoms with E-state index in [9.17, 15) is 4.39 Å². The largest absolute Gasteiger partial charge is 0.406 e. The van der Waals surface area contributed by atoms with Gasteiger partial charge in [0.1, 0.15) is 19.5 Å². The second-order valence-electron chi connectivity index (χ2n) is 24.1. The Morgan fingerprint density at radius 3 is 1.24 bits per heavy atom. The van der Waals surface area contributed by atoms with Crippen molar-refractivity contribution in [3.05, 3.63) is 211 Å². The first-order valence-electron chi connectivity index (χ1n) is 29.7. The fourth-order valence-electron chi connectivity index (χ4n) is 8.32. The minimum absolute atomic E-state index is 0.0590. The lowest BCUT2D eigenvalue weighted by Crippen LogP contribution is -2.66. The number of anilines is 3. The van der Waals surface area contributed by atoms with E-state index in [1.54, 1.807) is 0 Å². The number of likely N-dealkylation sites (N-methyl/N-ethyl adjacent to an activating group) is 7. The van der Waals surface area contributed by atoms with Gasteiger partial charge >= 0.3 is 0 Å². The van der Waals surface area contributed by atoms with Crippen molar-refractivity contribution < 1.29 is 8.82 Å². The number of nitrogens with zero attached hydrogens (tertiary/aromatic N) is 7. The molecule has 0 aliphatic carbocycles. The van der Waals surface area contributed by atoms with Crippen molar-refractivity contribution in [1.29, 1.82) is 0 Å². The van der Waals surface area contributed by atoms with Gasteiger partial charge in [0.05, 0.1) is 11.9 Å². The van der Waals surface area contributed by atoms with E-state index in [0.717, 1.165) is 92.6 Å². The van der Waals surface area contributed by atoms with E-state index < -0.39 is 16.4 Å². The molecule has 0 radical (unpaired) electrons. The van der Waals surface area contributed by atoms with Crippen LogP contribution in [-0.2, 0) is 4.43 Å². The van der Waals surface area contributed by atoms with Gasteiger partial charge in [0.15, 0.2) is 0 Å². The maximum absolute atomic E-state index is 13.2. The number of hydrogen-bond acceptors (Lipinski definition) is 9. The molecule has 2 heterocycles. The molecular weight excluding hydrogens is 1400 g/mol. The Hall–Kier alpha value is -5.39. The van der Waals surface area contributed by atoms with Crippen LogP contribution >= 0.6 is 63.7 Å². The molecular formula is C72H96Br4FN9OSi2. The molecule has 0 fully saturated rings. The van der Waals surface area contributed by atoms with Gasteiger partial charge in [-0.2, -0.15) is 0 Å². The van der Waals surface area contributed by atoms with E-state index in [4.69, 9.17) is 10.8 Å². The summed E-state index contributed by atoms with van der Waals surface area (Å²) in [7, 11) is 17.4. The number of pyridine rings is 1. The lowest BCUT2D eigenvalue weighted by atomic mass is 10.2. The van der Waals surface area contributed by atoms with Crippen molar-refractivity contribution in [2.75, 3.05) is 138 Å². The number of terminal acetylenes is 1. The summed E-state index contributed by atoms with van der Waals surface area (Å²) in [6.45, 7) is 21.2. The molecule has 8 rings (SSSR count). The first kappa shape index (κ1) is 77.9. The van der Waals surface area contributed by atoms with Crippen LogP contribution in [0.15, 0.2) is 194 Å². The smallest absolute Gasteiger partial charge is 0.261 e. The fraction of sp³-hybridized carbons (Fsp3) is 0.347. The summed E-state index contributed by atoms with van der Waals surface area (Å²) in [5.74, 6) is 5.85. The molecule has 0 bridgehead atoms. The van der Waals surface area contributed by atoms with E-state index >= 15 is 0 Å². The summed E-state index contributed by atoms with van der Waals surface area (Å²) >= 11 is 13.5. The summed E-state index contributed by atoms with van der Waals surface area (Å²) in [6, 6.07) is 57.7. The van der Waals surface area contributed by atoms with Gasteiger partial charge < -0.3 is 44.1 Å². The summed E-state index contributed by atoms with van der Waals surface area (Å²) in [6.07, 6.45) is 6.31. The van der Waals surface area contributed by atoms with Gasteiger partial charge in [0.25, 0.3) is 8.32 Å². The van der Waals surface area contributed by atoms with Crippen LogP contribution in [0, 0.1) is 29.6 Å². The monoisotopic (exact) mass is 1490 g/mol. The second kappa shape index (κ2) is 40.5. The lowest BCUT2D eigenvalue weighted by molar-refractivity contribution is 0.299. The summed E-state index contributed by atoms with van der Waals surface area (Å²) < 4.78 is 24.3. The molecule has 2 aromatic heterocycles. The average molecular weight is 1500 g/mol. The van der Waals surface area contributed by atoms with Gasteiger partial charge in [-0.15, -0.1) is 12.0 Å². The number of benzene rings is 6. The molecule has 89 heavy (non-hydrogen) atoms. The Morgan fingerprint density at radius 2 is 0.899 bits per heavy atom. The highest BCUT2D eigenvalue weighted by Gasteiger charge is 2.50. The molecule has 10 nitrogen and oxygen atoms in total. The first-order chi connectivity index (χ1) is 42.1. The molecule has 6 aromatic carbocycles. The minimum atomic E-state index is -2.33.